The highest BCUT2D eigenvalue weighted by Crippen LogP contribution is 2.31. The van der Waals surface area contributed by atoms with Crippen LogP contribution >= 0.6 is 0 Å². The molecule has 2 aromatic carbocycles. The first-order valence-corrected chi connectivity index (χ1v) is 10.7. The smallest absolute Gasteiger partial charge is 0.291 e. The van der Waals surface area contributed by atoms with Crippen molar-refractivity contribution in [1.29, 1.82) is 0 Å². The number of rotatable bonds is 4. The fourth-order valence-electron chi connectivity index (χ4n) is 3.53. The van der Waals surface area contributed by atoms with E-state index in [0.29, 0.717) is 22.9 Å². The first-order valence-electron chi connectivity index (χ1n) is 10.7. The monoisotopic (exact) mass is 448 g/mol. The van der Waals surface area contributed by atoms with Gasteiger partial charge in [0.2, 0.25) is 5.91 Å². The van der Waals surface area contributed by atoms with Gasteiger partial charge in [0, 0.05) is 17.2 Å². The second-order valence-corrected chi connectivity index (χ2v) is 7.71. The lowest BCUT2D eigenvalue weighted by Crippen LogP contribution is -2.23. The van der Waals surface area contributed by atoms with Crippen LogP contribution in [0, 0.1) is 6.92 Å². The van der Waals surface area contributed by atoms with Crippen LogP contribution in [0.2, 0.25) is 0 Å². The minimum Gasteiger partial charge on any atom is -0.449 e. The maximum absolute atomic E-state index is 12.5. The third-order valence-corrected chi connectivity index (χ3v) is 5.22. The number of pyridine rings is 2. The van der Waals surface area contributed by atoms with Gasteiger partial charge in [0.25, 0.3) is 5.91 Å². The molecule has 4 aromatic rings. The third-order valence-electron chi connectivity index (χ3n) is 5.22. The zero-order valence-corrected chi connectivity index (χ0v) is 18.3. The predicted octanol–water partition coefficient (Wildman–Crippen LogP) is 4.96. The Balaban J connectivity index is 1.35. The first kappa shape index (κ1) is 21.1. The van der Waals surface area contributed by atoms with Gasteiger partial charge in [-0.15, -0.1) is 0 Å². The van der Waals surface area contributed by atoms with Crippen LogP contribution in [0.1, 0.15) is 16.8 Å². The largest absolute Gasteiger partial charge is 0.449 e. The van der Waals surface area contributed by atoms with Gasteiger partial charge >= 0.3 is 0 Å². The summed E-state index contributed by atoms with van der Waals surface area (Å²) < 4.78 is 5.78. The number of nitrogens with one attached hydrogen (secondary N) is 2. The molecule has 1 aliphatic rings. The average Bonchev–Trinajstić information content (AvgIpc) is 2.83. The van der Waals surface area contributed by atoms with E-state index in [9.17, 15) is 9.59 Å². The Morgan fingerprint density at radius 3 is 2.59 bits per heavy atom. The Bertz CT molecular complexity index is 1490. The van der Waals surface area contributed by atoms with Crippen molar-refractivity contribution < 1.29 is 14.3 Å². The van der Waals surface area contributed by atoms with Crippen molar-refractivity contribution in [2.75, 3.05) is 10.6 Å². The van der Waals surface area contributed by atoms with Gasteiger partial charge in [-0.05, 0) is 66.6 Å². The van der Waals surface area contributed by atoms with Crippen LogP contribution in [0.3, 0.4) is 0 Å². The van der Waals surface area contributed by atoms with Gasteiger partial charge in [0.05, 0.1) is 5.69 Å². The SMILES string of the molecule is Cc1ccc2ccc(NC(=O)/C=C/c3ccccc3/C=C3\Oc4ccccc4NC3=O)nc2n1. The number of anilines is 2. The molecule has 2 N–H and O–H groups in total. The number of fused-ring (bicyclic) bond motifs is 2. The van der Waals surface area contributed by atoms with E-state index in [-0.39, 0.29) is 17.6 Å². The molecule has 0 spiro atoms. The molecule has 0 atom stereocenters. The van der Waals surface area contributed by atoms with E-state index in [2.05, 4.69) is 20.6 Å². The fourth-order valence-corrected chi connectivity index (χ4v) is 3.53. The molecule has 3 heterocycles. The van der Waals surface area contributed by atoms with Crippen LogP contribution in [0.15, 0.2) is 84.6 Å². The molecular weight excluding hydrogens is 428 g/mol. The predicted molar refractivity (Wildman–Crippen MR) is 132 cm³/mol. The van der Waals surface area contributed by atoms with Gasteiger partial charge in [-0.3, -0.25) is 9.59 Å². The number of para-hydroxylation sites is 2. The van der Waals surface area contributed by atoms with Gasteiger partial charge in [-0.1, -0.05) is 36.4 Å². The Hall–Kier alpha value is -4.78. The summed E-state index contributed by atoms with van der Waals surface area (Å²) in [5.41, 5.74) is 3.55. The number of hydrogen-bond acceptors (Lipinski definition) is 5. The normalized spacial score (nSPS) is 14.0. The summed E-state index contributed by atoms with van der Waals surface area (Å²) in [6.07, 6.45) is 4.76. The Kier molecular flexibility index (Phi) is 5.58. The van der Waals surface area contributed by atoms with Crippen molar-refractivity contribution in [3.05, 3.63) is 101 Å². The number of nitrogens with zero attached hydrogens (tertiary/aromatic N) is 2. The van der Waals surface area contributed by atoms with Crippen LogP contribution < -0.4 is 15.4 Å². The molecule has 0 fully saturated rings. The topological polar surface area (TPSA) is 93.2 Å². The zero-order valence-electron chi connectivity index (χ0n) is 18.3. The molecule has 1 aliphatic heterocycles. The molecular formula is C27H20N4O3. The van der Waals surface area contributed by atoms with Crippen molar-refractivity contribution >= 4 is 46.5 Å². The summed E-state index contributed by atoms with van der Waals surface area (Å²) in [5, 5.41) is 6.48. The first-order chi connectivity index (χ1) is 16.5. The van der Waals surface area contributed by atoms with Crippen molar-refractivity contribution in [3.63, 3.8) is 0 Å². The molecule has 34 heavy (non-hydrogen) atoms. The summed E-state index contributed by atoms with van der Waals surface area (Å²) in [6, 6.07) is 22.1. The Morgan fingerprint density at radius 2 is 1.71 bits per heavy atom. The Morgan fingerprint density at radius 1 is 0.941 bits per heavy atom. The van der Waals surface area contributed by atoms with Crippen molar-refractivity contribution in [2.45, 2.75) is 6.92 Å². The van der Waals surface area contributed by atoms with Crippen LogP contribution in [-0.4, -0.2) is 21.8 Å². The maximum Gasteiger partial charge on any atom is 0.291 e. The standard InChI is InChI=1S/C27H20N4O3/c1-17-10-11-19-12-14-24(31-26(19)28-17)30-25(32)15-13-18-6-2-3-7-20(18)16-23-27(33)29-21-8-4-5-9-22(21)34-23/h2-16H,1H3,(H,29,33)(H,28,30,31,32)/b15-13+,23-16-. The van der Waals surface area contributed by atoms with E-state index in [1.54, 1.807) is 30.4 Å². The number of aromatic nitrogens is 2. The van der Waals surface area contributed by atoms with Crippen LogP contribution in [-0.2, 0) is 9.59 Å². The summed E-state index contributed by atoms with van der Waals surface area (Å²) in [5.74, 6) is 0.506. The van der Waals surface area contributed by atoms with Crippen molar-refractivity contribution in [3.8, 4) is 5.75 Å². The highest BCUT2D eigenvalue weighted by Gasteiger charge is 2.21. The number of benzene rings is 2. The van der Waals surface area contributed by atoms with Gasteiger partial charge in [0.1, 0.15) is 5.82 Å². The lowest BCUT2D eigenvalue weighted by atomic mass is 10.1. The van der Waals surface area contributed by atoms with Crippen molar-refractivity contribution in [2.24, 2.45) is 0 Å². The molecule has 2 aromatic heterocycles. The highest BCUT2D eigenvalue weighted by atomic mass is 16.5. The fraction of sp³-hybridized carbons (Fsp3) is 0.0370. The minimum atomic E-state index is -0.332. The number of amides is 2. The quantitative estimate of drug-likeness (QED) is 0.431. The number of ether oxygens (including phenoxy) is 1. The van der Waals surface area contributed by atoms with Gasteiger partial charge in [-0.25, -0.2) is 9.97 Å². The third kappa shape index (κ3) is 4.54. The van der Waals surface area contributed by atoms with Crippen molar-refractivity contribution in [1.82, 2.24) is 9.97 Å². The lowest BCUT2D eigenvalue weighted by Gasteiger charge is -2.19. The van der Waals surface area contributed by atoms with E-state index >= 15 is 0 Å². The van der Waals surface area contributed by atoms with E-state index in [1.807, 2.05) is 61.5 Å². The molecule has 7 nitrogen and oxygen atoms in total. The number of aryl methyl sites for hydroxylation is 1. The van der Waals surface area contributed by atoms with E-state index in [1.165, 1.54) is 6.08 Å². The lowest BCUT2D eigenvalue weighted by molar-refractivity contribution is -0.115. The molecule has 0 unspecified atom stereocenters. The molecule has 0 saturated carbocycles. The summed E-state index contributed by atoms with van der Waals surface area (Å²) in [6.45, 7) is 1.89. The second kappa shape index (κ2) is 8.99. The molecule has 5 rings (SSSR count). The van der Waals surface area contributed by atoms with E-state index in [4.69, 9.17) is 4.74 Å². The molecule has 0 saturated heterocycles. The highest BCUT2D eigenvalue weighted by molar-refractivity contribution is 6.08. The summed E-state index contributed by atoms with van der Waals surface area (Å²) in [7, 11) is 0. The minimum absolute atomic E-state index is 0.173. The molecule has 2 amide bonds. The molecule has 166 valence electrons. The van der Waals surface area contributed by atoms with Crippen LogP contribution in [0.4, 0.5) is 11.5 Å². The van der Waals surface area contributed by atoms with Crippen LogP contribution in [0.25, 0.3) is 23.2 Å². The number of carbonyl (C=O) groups excluding carboxylic acids is 2. The van der Waals surface area contributed by atoms with Gasteiger partial charge in [-0.2, -0.15) is 0 Å². The molecule has 0 bridgehead atoms. The van der Waals surface area contributed by atoms with Crippen LogP contribution in [0.5, 0.6) is 5.75 Å². The summed E-state index contributed by atoms with van der Waals surface area (Å²) >= 11 is 0. The molecule has 0 aliphatic carbocycles. The van der Waals surface area contributed by atoms with Gasteiger partial charge in [0.15, 0.2) is 17.2 Å². The zero-order chi connectivity index (χ0) is 23.5. The molecule has 7 heteroatoms. The van der Waals surface area contributed by atoms with Gasteiger partial charge < -0.3 is 15.4 Å². The van der Waals surface area contributed by atoms with E-state index in [0.717, 1.165) is 22.2 Å². The second-order valence-electron chi connectivity index (χ2n) is 7.71. The number of carbonyl (C=O) groups is 2. The summed E-state index contributed by atoms with van der Waals surface area (Å²) in [4.78, 5) is 33.8. The van der Waals surface area contributed by atoms with E-state index < -0.39 is 0 Å². The Labute approximate surface area is 195 Å². The average molecular weight is 448 g/mol. The number of hydrogen-bond donors (Lipinski definition) is 2. The maximum atomic E-state index is 12.5. The molecule has 0 radical (unpaired) electrons.